The van der Waals surface area contributed by atoms with Gasteiger partial charge in [-0.2, -0.15) is 0 Å². The SMILES string of the molecule is CNC(Cc1cccc(Cl)c1)C(C)Oc1cccc(Cl)c1. The molecule has 0 bridgehead atoms. The highest BCUT2D eigenvalue weighted by Crippen LogP contribution is 2.20. The first-order valence-electron chi connectivity index (χ1n) is 6.92. The van der Waals surface area contributed by atoms with Crippen LogP contribution < -0.4 is 10.1 Å². The Bertz CT molecular complexity index is 589. The van der Waals surface area contributed by atoms with Gasteiger partial charge in [-0.05, 0) is 56.3 Å². The molecule has 2 rings (SSSR count). The van der Waals surface area contributed by atoms with Gasteiger partial charge in [0.2, 0.25) is 0 Å². The summed E-state index contributed by atoms with van der Waals surface area (Å²) in [6.07, 6.45) is 0.853. The summed E-state index contributed by atoms with van der Waals surface area (Å²) in [6.45, 7) is 2.05. The average molecular weight is 324 g/mol. The highest BCUT2D eigenvalue weighted by Gasteiger charge is 2.18. The Morgan fingerprint density at radius 1 is 1.05 bits per heavy atom. The zero-order valence-electron chi connectivity index (χ0n) is 12.1. The molecular formula is C17H19Cl2NO. The van der Waals surface area contributed by atoms with Crippen LogP contribution in [0.1, 0.15) is 12.5 Å². The number of halogens is 2. The molecule has 4 heteroatoms. The van der Waals surface area contributed by atoms with Gasteiger partial charge in [0.1, 0.15) is 11.9 Å². The van der Waals surface area contributed by atoms with Gasteiger partial charge in [0.15, 0.2) is 0 Å². The van der Waals surface area contributed by atoms with Gasteiger partial charge in [-0.25, -0.2) is 0 Å². The van der Waals surface area contributed by atoms with Crippen molar-refractivity contribution in [2.24, 2.45) is 0 Å². The van der Waals surface area contributed by atoms with Crippen molar-refractivity contribution in [3.63, 3.8) is 0 Å². The smallest absolute Gasteiger partial charge is 0.121 e. The van der Waals surface area contributed by atoms with Gasteiger partial charge in [0.05, 0.1) is 0 Å². The van der Waals surface area contributed by atoms with E-state index in [2.05, 4.69) is 11.4 Å². The van der Waals surface area contributed by atoms with Gasteiger partial charge < -0.3 is 10.1 Å². The van der Waals surface area contributed by atoms with Gasteiger partial charge in [-0.15, -0.1) is 0 Å². The number of hydrogen-bond donors (Lipinski definition) is 1. The second-order valence-electron chi connectivity index (χ2n) is 5.01. The predicted molar refractivity (Wildman–Crippen MR) is 89.5 cm³/mol. The van der Waals surface area contributed by atoms with Gasteiger partial charge >= 0.3 is 0 Å². The van der Waals surface area contributed by atoms with Crippen LogP contribution in [0.2, 0.25) is 10.0 Å². The second-order valence-corrected chi connectivity index (χ2v) is 5.88. The fourth-order valence-electron chi connectivity index (χ4n) is 2.26. The minimum absolute atomic E-state index is 0.00690. The van der Waals surface area contributed by atoms with Gasteiger partial charge in [-0.3, -0.25) is 0 Å². The third-order valence-corrected chi connectivity index (χ3v) is 3.87. The Morgan fingerprint density at radius 3 is 2.33 bits per heavy atom. The Kier molecular flexibility index (Phi) is 5.92. The van der Waals surface area contributed by atoms with Crippen molar-refractivity contribution in [1.29, 1.82) is 0 Å². The molecule has 2 nitrogen and oxygen atoms in total. The van der Waals surface area contributed by atoms with E-state index in [0.29, 0.717) is 5.02 Å². The Hall–Kier alpha value is -1.22. The molecule has 2 atom stereocenters. The number of rotatable bonds is 6. The van der Waals surface area contributed by atoms with Crippen LogP contribution in [0.4, 0.5) is 0 Å². The molecule has 1 N–H and O–H groups in total. The van der Waals surface area contributed by atoms with Crippen LogP contribution in [0, 0.1) is 0 Å². The third-order valence-electron chi connectivity index (χ3n) is 3.40. The van der Waals surface area contributed by atoms with Crippen molar-refractivity contribution in [3.8, 4) is 5.75 Å². The topological polar surface area (TPSA) is 21.3 Å². The van der Waals surface area contributed by atoms with Crippen LogP contribution in [-0.4, -0.2) is 19.2 Å². The van der Waals surface area contributed by atoms with Crippen molar-refractivity contribution in [3.05, 3.63) is 64.1 Å². The molecular weight excluding hydrogens is 305 g/mol. The summed E-state index contributed by atoms with van der Waals surface area (Å²) < 4.78 is 5.97. The van der Waals surface area contributed by atoms with E-state index in [0.717, 1.165) is 17.2 Å². The monoisotopic (exact) mass is 323 g/mol. The zero-order valence-corrected chi connectivity index (χ0v) is 13.7. The molecule has 2 aromatic rings. The molecule has 0 saturated heterocycles. The maximum absolute atomic E-state index is 6.03. The van der Waals surface area contributed by atoms with E-state index >= 15 is 0 Å². The highest BCUT2D eigenvalue weighted by atomic mass is 35.5. The molecule has 2 unspecified atom stereocenters. The van der Waals surface area contributed by atoms with E-state index in [1.807, 2.05) is 56.4 Å². The lowest BCUT2D eigenvalue weighted by Gasteiger charge is -2.25. The fraction of sp³-hybridized carbons (Fsp3) is 0.294. The van der Waals surface area contributed by atoms with Crippen molar-refractivity contribution < 1.29 is 4.74 Å². The van der Waals surface area contributed by atoms with Crippen molar-refractivity contribution in [2.75, 3.05) is 7.05 Å². The number of nitrogens with one attached hydrogen (secondary N) is 1. The fourth-order valence-corrected chi connectivity index (χ4v) is 2.65. The highest BCUT2D eigenvalue weighted by molar-refractivity contribution is 6.30. The summed E-state index contributed by atoms with van der Waals surface area (Å²) in [4.78, 5) is 0. The van der Waals surface area contributed by atoms with Crippen LogP contribution in [0.5, 0.6) is 5.75 Å². The minimum atomic E-state index is 0.00690. The van der Waals surface area contributed by atoms with Crippen LogP contribution >= 0.6 is 23.2 Å². The normalized spacial score (nSPS) is 13.7. The lowest BCUT2D eigenvalue weighted by Crippen LogP contribution is -2.41. The molecule has 0 aliphatic heterocycles. The van der Waals surface area contributed by atoms with Crippen LogP contribution in [-0.2, 0) is 6.42 Å². The van der Waals surface area contributed by atoms with E-state index < -0.39 is 0 Å². The van der Waals surface area contributed by atoms with E-state index in [4.69, 9.17) is 27.9 Å². The molecule has 112 valence electrons. The molecule has 0 heterocycles. The number of likely N-dealkylation sites (N-methyl/N-ethyl adjacent to an activating group) is 1. The third kappa shape index (κ3) is 4.92. The molecule has 0 aromatic heterocycles. The Morgan fingerprint density at radius 2 is 1.71 bits per heavy atom. The lowest BCUT2D eigenvalue weighted by atomic mass is 10.0. The minimum Gasteiger partial charge on any atom is -0.489 e. The molecule has 0 saturated carbocycles. The van der Waals surface area contributed by atoms with Crippen LogP contribution in [0.15, 0.2) is 48.5 Å². The Labute approximate surface area is 136 Å². The van der Waals surface area contributed by atoms with E-state index in [9.17, 15) is 0 Å². The standard InChI is InChI=1S/C17H19Cl2NO/c1-12(21-16-8-4-7-15(19)11-16)17(20-2)10-13-5-3-6-14(18)9-13/h3-9,11-12,17,20H,10H2,1-2H3. The van der Waals surface area contributed by atoms with Crippen molar-refractivity contribution >= 4 is 23.2 Å². The first-order chi connectivity index (χ1) is 10.1. The summed E-state index contributed by atoms with van der Waals surface area (Å²) in [5, 5.41) is 4.74. The van der Waals surface area contributed by atoms with Crippen LogP contribution in [0.25, 0.3) is 0 Å². The van der Waals surface area contributed by atoms with Crippen molar-refractivity contribution in [2.45, 2.75) is 25.5 Å². The van der Waals surface area contributed by atoms with Crippen molar-refractivity contribution in [1.82, 2.24) is 5.32 Å². The first-order valence-corrected chi connectivity index (χ1v) is 7.68. The van der Waals surface area contributed by atoms with Gasteiger partial charge in [0, 0.05) is 16.1 Å². The van der Waals surface area contributed by atoms with Gasteiger partial charge in [-0.1, -0.05) is 41.4 Å². The predicted octanol–water partition coefficient (Wildman–Crippen LogP) is 4.59. The molecule has 0 radical (unpaired) electrons. The van der Waals surface area contributed by atoms with E-state index in [1.54, 1.807) is 0 Å². The number of hydrogen-bond acceptors (Lipinski definition) is 2. The molecule has 21 heavy (non-hydrogen) atoms. The van der Waals surface area contributed by atoms with Crippen LogP contribution in [0.3, 0.4) is 0 Å². The summed E-state index contributed by atoms with van der Waals surface area (Å²) in [7, 11) is 1.94. The molecule has 0 amide bonds. The molecule has 0 fully saturated rings. The summed E-state index contributed by atoms with van der Waals surface area (Å²) >= 11 is 12.0. The zero-order chi connectivity index (χ0) is 15.2. The largest absolute Gasteiger partial charge is 0.489 e. The maximum atomic E-state index is 6.03. The average Bonchev–Trinajstić information content (AvgIpc) is 2.44. The Balaban J connectivity index is 2.03. The van der Waals surface area contributed by atoms with Gasteiger partial charge in [0.25, 0.3) is 0 Å². The van der Waals surface area contributed by atoms with E-state index in [1.165, 1.54) is 5.56 Å². The summed E-state index contributed by atoms with van der Waals surface area (Å²) in [5.74, 6) is 0.779. The molecule has 0 aliphatic carbocycles. The summed E-state index contributed by atoms with van der Waals surface area (Å²) in [6, 6.07) is 15.5. The maximum Gasteiger partial charge on any atom is 0.121 e. The molecule has 0 aliphatic rings. The lowest BCUT2D eigenvalue weighted by molar-refractivity contribution is 0.174. The molecule has 2 aromatic carbocycles. The van der Waals surface area contributed by atoms with E-state index in [-0.39, 0.29) is 12.1 Å². The number of ether oxygens (including phenoxy) is 1. The number of benzene rings is 2. The summed E-state index contributed by atoms with van der Waals surface area (Å²) in [5.41, 5.74) is 1.18. The molecule has 0 spiro atoms. The quantitative estimate of drug-likeness (QED) is 0.839. The first kappa shape index (κ1) is 16.2. The second kappa shape index (κ2) is 7.69.